The van der Waals surface area contributed by atoms with Gasteiger partial charge in [0.1, 0.15) is 11.5 Å². The van der Waals surface area contributed by atoms with E-state index in [1.165, 1.54) is 35.4 Å². The molecule has 0 radical (unpaired) electrons. The number of pyridine rings is 1. The van der Waals surface area contributed by atoms with Crippen LogP contribution >= 0.6 is 11.6 Å². The highest BCUT2D eigenvalue weighted by Gasteiger charge is 2.35. The van der Waals surface area contributed by atoms with Gasteiger partial charge in [-0.2, -0.15) is 0 Å². The van der Waals surface area contributed by atoms with Crippen LogP contribution in [0, 0.1) is 5.82 Å². The number of para-hydroxylation sites is 1. The summed E-state index contributed by atoms with van der Waals surface area (Å²) < 4.78 is 14.5. The fourth-order valence-electron chi connectivity index (χ4n) is 4.10. The number of rotatable bonds is 5. The minimum absolute atomic E-state index is 0.000857. The normalized spacial score (nSPS) is 14.8. The molecule has 0 fully saturated rings. The fraction of sp³-hybridized carbons (Fsp3) is 0.174. The van der Waals surface area contributed by atoms with E-state index in [4.69, 9.17) is 17.3 Å². The molecule has 9 heteroatoms. The lowest BCUT2D eigenvalue weighted by Gasteiger charge is -2.31. The van der Waals surface area contributed by atoms with E-state index in [0.717, 1.165) is 0 Å². The Labute approximate surface area is 187 Å². The molecule has 1 aliphatic rings. The molecule has 1 heterocycles. The van der Waals surface area contributed by atoms with Crippen molar-refractivity contribution in [1.29, 1.82) is 0 Å². The predicted molar refractivity (Wildman–Crippen MR) is 115 cm³/mol. The Morgan fingerprint density at radius 2 is 2.00 bits per heavy atom. The molecular weight excluding hydrogens is 437 g/mol. The molecule has 2 aromatic carbocycles. The zero-order valence-corrected chi connectivity index (χ0v) is 17.5. The van der Waals surface area contributed by atoms with Crippen LogP contribution in [-0.4, -0.2) is 31.9 Å². The summed E-state index contributed by atoms with van der Waals surface area (Å²) in [5.74, 6) is -2.85. The quantitative estimate of drug-likeness (QED) is 0.507. The number of hydrogen-bond acceptors (Lipinski definition) is 5. The molecule has 0 saturated carbocycles. The summed E-state index contributed by atoms with van der Waals surface area (Å²) in [6, 6.07) is 9.52. The molecule has 0 bridgehead atoms. The highest BCUT2D eigenvalue weighted by Crippen LogP contribution is 2.41. The number of halogens is 2. The van der Waals surface area contributed by atoms with E-state index in [2.05, 4.69) is 4.98 Å². The third-order valence-corrected chi connectivity index (χ3v) is 5.79. The van der Waals surface area contributed by atoms with Gasteiger partial charge < -0.3 is 20.8 Å². The number of amides is 2. The Kier molecular flexibility index (Phi) is 5.71. The third-order valence-electron chi connectivity index (χ3n) is 5.57. The highest BCUT2D eigenvalue weighted by atomic mass is 35.5. The summed E-state index contributed by atoms with van der Waals surface area (Å²) in [7, 11) is 0. The van der Waals surface area contributed by atoms with Crippen molar-refractivity contribution < 1.29 is 24.2 Å². The number of phenolic OH excluding ortho intramolecular Hbond substituents is 2. The molecule has 4 rings (SSSR count). The predicted octanol–water partition coefficient (Wildman–Crippen LogP) is 3.71. The zero-order chi connectivity index (χ0) is 23.0. The molecule has 3 aromatic rings. The van der Waals surface area contributed by atoms with Crippen LogP contribution in [0.5, 0.6) is 11.5 Å². The standard InChI is InChI=1S/C23H19ClFN3O4/c24-13-9-16-14(17(25)10-13)6-7-18(16)28(11-12-3-2-8-27-20(12)22(26)31)23(32)15-4-1-5-19(29)21(15)30/h1-5,8-10,18,29-30H,6-7,11H2,(H2,26,31)/t18-/m1/s1. The van der Waals surface area contributed by atoms with Gasteiger partial charge in [0.25, 0.3) is 11.8 Å². The molecule has 1 atom stereocenters. The largest absolute Gasteiger partial charge is 0.504 e. The van der Waals surface area contributed by atoms with Crippen molar-refractivity contribution in [2.75, 3.05) is 0 Å². The van der Waals surface area contributed by atoms with Gasteiger partial charge in [-0.05, 0) is 54.3 Å². The lowest BCUT2D eigenvalue weighted by atomic mass is 10.0. The number of carbonyl (C=O) groups is 2. The number of benzene rings is 2. The number of fused-ring (bicyclic) bond motifs is 1. The lowest BCUT2D eigenvalue weighted by molar-refractivity contribution is 0.0652. The summed E-state index contributed by atoms with van der Waals surface area (Å²) in [5.41, 5.74) is 6.71. The number of carbonyl (C=O) groups excluding carboxylic acids is 2. The first-order valence-electron chi connectivity index (χ1n) is 9.81. The second-order valence-corrected chi connectivity index (χ2v) is 7.93. The van der Waals surface area contributed by atoms with Crippen molar-refractivity contribution in [3.63, 3.8) is 0 Å². The molecule has 0 unspecified atom stereocenters. The van der Waals surface area contributed by atoms with Gasteiger partial charge in [0, 0.05) is 23.3 Å². The molecule has 1 aromatic heterocycles. The number of phenols is 2. The molecule has 164 valence electrons. The monoisotopic (exact) mass is 455 g/mol. The number of aromatic hydroxyl groups is 2. The van der Waals surface area contributed by atoms with Gasteiger partial charge in [0.2, 0.25) is 0 Å². The lowest BCUT2D eigenvalue weighted by Crippen LogP contribution is -2.34. The fourth-order valence-corrected chi connectivity index (χ4v) is 4.31. The Bertz CT molecular complexity index is 1230. The van der Waals surface area contributed by atoms with Crippen LogP contribution in [0.1, 0.15) is 50.0 Å². The number of hydrogen-bond donors (Lipinski definition) is 3. The number of primary amides is 1. The van der Waals surface area contributed by atoms with Gasteiger partial charge >= 0.3 is 0 Å². The number of nitrogens with two attached hydrogens (primary N) is 1. The van der Waals surface area contributed by atoms with E-state index in [1.54, 1.807) is 18.2 Å². The van der Waals surface area contributed by atoms with Crippen LogP contribution in [0.4, 0.5) is 4.39 Å². The van der Waals surface area contributed by atoms with Crippen LogP contribution in [0.25, 0.3) is 0 Å². The molecule has 1 aliphatic carbocycles. The van der Waals surface area contributed by atoms with Gasteiger partial charge in [-0.3, -0.25) is 14.6 Å². The molecule has 32 heavy (non-hydrogen) atoms. The molecular formula is C23H19ClFN3O4. The van der Waals surface area contributed by atoms with Crippen LogP contribution in [0.3, 0.4) is 0 Å². The number of aromatic nitrogens is 1. The van der Waals surface area contributed by atoms with Gasteiger partial charge in [0.15, 0.2) is 11.5 Å². The minimum atomic E-state index is -0.755. The SMILES string of the molecule is NC(=O)c1ncccc1CN(C(=O)c1cccc(O)c1O)[C@@H]1CCc2c(F)cc(Cl)cc21. The van der Waals surface area contributed by atoms with E-state index >= 15 is 0 Å². The Balaban J connectivity index is 1.83. The van der Waals surface area contributed by atoms with Crippen LogP contribution < -0.4 is 5.73 Å². The highest BCUT2D eigenvalue weighted by molar-refractivity contribution is 6.30. The third kappa shape index (κ3) is 3.85. The summed E-state index contributed by atoms with van der Waals surface area (Å²) >= 11 is 6.08. The Morgan fingerprint density at radius 3 is 2.75 bits per heavy atom. The Morgan fingerprint density at radius 1 is 1.22 bits per heavy atom. The van der Waals surface area contributed by atoms with Gasteiger partial charge in [0.05, 0.1) is 11.6 Å². The molecule has 0 saturated heterocycles. The van der Waals surface area contributed by atoms with Crippen molar-refractivity contribution in [2.24, 2.45) is 5.73 Å². The van der Waals surface area contributed by atoms with Gasteiger partial charge in [-0.25, -0.2) is 4.39 Å². The molecule has 7 nitrogen and oxygen atoms in total. The maximum Gasteiger partial charge on any atom is 0.267 e. The average molecular weight is 456 g/mol. The topological polar surface area (TPSA) is 117 Å². The van der Waals surface area contributed by atoms with Crippen molar-refractivity contribution >= 4 is 23.4 Å². The zero-order valence-electron chi connectivity index (χ0n) is 16.8. The first-order valence-corrected chi connectivity index (χ1v) is 10.2. The molecule has 2 amide bonds. The van der Waals surface area contributed by atoms with E-state index in [-0.39, 0.29) is 22.8 Å². The Hall–Kier alpha value is -3.65. The van der Waals surface area contributed by atoms with E-state index in [0.29, 0.717) is 29.5 Å². The summed E-state index contributed by atoms with van der Waals surface area (Å²) in [4.78, 5) is 30.8. The minimum Gasteiger partial charge on any atom is -0.504 e. The van der Waals surface area contributed by atoms with Crippen molar-refractivity contribution in [1.82, 2.24) is 9.88 Å². The first kappa shape index (κ1) is 21.6. The smallest absolute Gasteiger partial charge is 0.267 e. The van der Waals surface area contributed by atoms with Crippen LogP contribution in [0.15, 0.2) is 48.7 Å². The van der Waals surface area contributed by atoms with Crippen molar-refractivity contribution in [2.45, 2.75) is 25.4 Å². The van der Waals surface area contributed by atoms with E-state index < -0.39 is 35.2 Å². The maximum absolute atomic E-state index is 14.5. The van der Waals surface area contributed by atoms with Crippen molar-refractivity contribution in [3.8, 4) is 11.5 Å². The molecule has 0 aliphatic heterocycles. The van der Waals surface area contributed by atoms with Gasteiger partial charge in [-0.15, -0.1) is 0 Å². The van der Waals surface area contributed by atoms with Crippen LogP contribution in [-0.2, 0) is 13.0 Å². The average Bonchev–Trinajstić information content (AvgIpc) is 3.17. The summed E-state index contributed by atoms with van der Waals surface area (Å²) in [6.45, 7) is -0.0850. The summed E-state index contributed by atoms with van der Waals surface area (Å²) in [6.07, 6.45) is 2.20. The summed E-state index contributed by atoms with van der Waals surface area (Å²) in [5, 5.41) is 20.4. The molecule has 0 spiro atoms. The molecule has 4 N–H and O–H groups in total. The first-order chi connectivity index (χ1) is 15.3. The maximum atomic E-state index is 14.5. The second kappa shape index (κ2) is 8.47. The number of nitrogens with zero attached hydrogens (tertiary/aromatic N) is 2. The van der Waals surface area contributed by atoms with Crippen LogP contribution in [0.2, 0.25) is 5.02 Å². The van der Waals surface area contributed by atoms with E-state index in [9.17, 15) is 24.2 Å². The van der Waals surface area contributed by atoms with Crippen molar-refractivity contribution in [3.05, 3.63) is 87.4 Å². The van der Waals surface area contributed by atoms with Gasteiger partial charge in [-0.1, -0.05) is 23.7 Å². The van der Waals surface area contributed by atoms with E-state index in [1.807, 2.05) is 0 Å². The second-order valence-electron chi connectivity index (χ2n) is 7.49.